The zero-order valence-corrected chi connectivity index (χ0v) is 20.2. The van der Waals surface area contributed by atoms with Gasteiger partial charge in [-0.15, -0.1) is 0 Å². The van der Waals surface area contributed by atoms with Crippen molar-refractivity contribution in [1.29, 1.82) is 0 Å². The average molecular weight is 461 g/mol. The Morgan fingerprint density at radius 2 is 1.72 bits per heavy atom. The van der Waals surface area contributed by atoms with E-state index in [1.165, 1.54) is 30.7 Å². The lowest BCUT2D eigenvalue weighted by molar-refractivity contribution is -0.131. The van der Waals surface area contributed by atoms with Crippen molar-refractivity contribution in [3.05, 3.63) is 47.5 Å². The van der Waals surface area contributed by atoms with Gasteiger partial charge in [0.1, 0.15) is 6.54 Å². The fraction of sp³-hybridized carbons (Fsp3) is 0.458. The largest absolute Gasteiger partial charge is 0.493 e. The van der Waals surface area contributed by atoms with Crippen molar-refractivity contribution in [1.82, 2.24) is 4.90 Å². The summed E-state index contributed by atoms with van der Waals surface area (Å²) in [5, 5.41) is 0. The number of piperidine rings is 1. The molecule has 8 heteroatoms. The first-order valence-corrected chi connectivity index (χ1v) is 12.2. The summed E-state index contributed by atoms with van der Waals surface area (Å²) in [7, 11) is -1.09. The van der Waals surface area contributed by atoms with Crippen LogP contribution in [-0.2, 0) is 14.8 Å². The highest BCUT2D eigenvalue weighted by atomic mass is 32.2. The van der Waals surface area contributed by atoms with Crippen LogP contribution in [0.3, 0.4) is 0 Å². The lowest BCUT2D eigenvalue weighted by atomic mass is 10.0. The maximum absolute atomic E-state index is 13.8. The molecule has 0 bridgehead atoms. The van der Waals surface area contributed by atoms with Crippen LogP contribution in [0.15, 0.2) is 41.3 Å². The van der Waals surface area contributed by atoms with E-state index in [1.807, 2.05) is 19.9 Å². The molecule has 0 spiro atoms. The first-order chi connectivity index (χ1) is 15.1. The fourth-order valence-corrected chi connectivity index (χ4v) is 5.57. The number of nitrogens with zero attached hydrogens (tertiary/aromatic N) is 2. The van der Waals surface area contributed by atoms with Crippen LogP contribution in [-0.4, -0.2) is 53.1 Å². The highest BCUT2D eigenvalue weighted by molar-refractivity contribution is 7.92. The number of amides is 1. The second-order valence-corrected chi connectivity index (χ2v) is 10.3. The van der Waals surface area contributed by atoms with Gasteiger partial charge in [-0.05, 0) is 68.0 Å². The zero-order valence-electron chi connectivity index (χ0n) is 19.4. The van der Waals surface area contributed by atoms with E-state index in [1.54, 1.807) is 23.1 Å². The Balaban J connectivity index is 2.04. The highest BCUT2D eigenvalue weighted by Crippen LogP contribution is 2.33. The molecule has 32 heavy (non-hydrogen) atoms. The molecule has 1 aliphatic heterocycles. The number of likely N-dealkylation sites (tertiary alicyclic amines) is 1. The van der Waals surface area contributed by atoms with Crippen molar-refractivity contribution < 1.29 is 22.7 Å². The summed E-state index contributed by atoms with van der Waals surface area (Å²) >= 11 is 0. The summed E-state index contributed by atoms with van der Waals surface area (Å²) in [6.45, 7) is 6.97. The SMILES string of the molecule is COc1ccc(S(=O)(=O)N(CC(=O)N2CCC[C@H](C)C2)c2cc(C)cc(C)c2)cc1OC. The van der Waals surface area contributed by atoms with Gasteiger partial charge < -0.3 is 14.4 Å². The molecule has 7 nitrogen and oxygen atoms in total. The Morgan fingerprint density at radius 1 is 1.06 bits per heavy atom. The van der Waals surface area contributed by atoms with Crippen LogP contribution in [0.25, 0.3) is 0 Å². The molecule has 2 aromatic rings. The van der Waals surface area contributed by atoms with Crippen LogP contribution in [0.2, 0.25) is 0 Å². The molecule has 174 valence electrons. The number of anilines is 1. The van der Waals surface area contributed by atoms with Gasteiger partial charge in [-0.1, -0.05) is 13.0 Å². The molecule has 0 aliphatic carbocycles. The van der Waals surface area contributed by atoms with Crippen molar-refractivity contribution in [2.24, 2.45) is 5.92 Å². The second kappa shape index (κ2) is 9.81. The third kappa shape index (κ3) is 5.18. The first kappa shape index (κ1) is 23.9. The molecule has 3 rings (SSSR count). The van der Waals surface area contributed by atoms with E-state index in [-0.39, 0.29) is 17.3 Å². The van der Waals surface area contributed by atoms with Crippen molar-refractivity contribution in [3.63, 3.8) is 0 Å². The van der Waals surface area contributed by atoms with Crippen molar-refractivity contribution >= 4 is 21.6 Å². The topological polar surface area (TPSA) is 76.2 Å². The van der Waals surface area contributed by atoms with E-state index in [0.29, 0.717) is 36.2 Å². The van der Waals surface area contributed by atoms with Gasteiger partial charge in [0, 0.05) is 19.2 Å². The monoisotopic (exact) mass is 460 g/mol. The number of sulfonamides is 1. The lowest BCUT2D eigenvalue weighted by Crippen LogP contribution is -2.46. The molecule has 0 aromatic heterocycles. The second-order valence-electron chi connectivity index (χ2n) is 8.46. The Labute approximate surface area is 191 Å². The minimum atomic E-state index is -4.04. The van der Waals surface area contributed by atoms with E-state index in [2.05, 4.69) is 6.92 Å². The molecule has 0 N–H and O–H groups in total. The van der Waals surface area contributed by atoms with Gasteiger partial charge in [-0.3, -0.25) is 9.10 Å². The van der Waals surface area contributed by atoms with Gasteiger partial charge in [0.25, 0.3) is 10.0 Å². The predicted octanol–water partition coefficient (Wildman–Crippen LogP) is 3.77. The van der Waals surface area contributed by atoms with E-state index in [9.17, 15) is 13.2 Å². The molecule has 1 fully saturated rings. The first-order valence-electron chi connectivity index (χ1n) is 10.8. The number of hydrogen-bond acceptors (Lipinski definition) is 5. The van der Waals surface area contributed by atoms with E-state index in [0.717, 1.165) is 24.0 Å². The summed E-state index contributed by atoms with van der Waals surface area (Å²) in [5.74, 6) is 0.956. The Morgan fingerprint density at radius 3 is 2.31 bits per heavy atom. The third-order valence-electron chi connectivity index (χ3n) is 5.73. The molecule has 2 aromatic carbocycles. The van der Waals surface area contributed by atoms with Gasteiger partial charge in [-0.25, -0.2) is 8.42 Å². The molecular formula is C24H32N2O5S. The molecule has 0 radical (unpaired) electrons. The summed E-state index contributed by atoms with van der Waals surface area (Å²) in [4.78, 5) is 15.0. The molecule has 1 saturated heterocycles. The number of carbonyl (C=O) groups is 1. The number of methoxy groups -OCH3 is 2. The summed E-state index contributed by atoms with van der Waals surface area (Å²) in [5.41, 5.74) is 2.31. The highest BCUT2D eigenvalue weighted by Gasteiger charge is 2.31. The number of rotatable bonds is 7. The lowest BCUT2D eigenvalue weighted by Gasteiger charge is -2.33. The number of benzene rings is 2. The maximum atomic E-state index is 13.8. The van der Waals surface area contributed by atoms with Crippen molar-refractivity contribution in [2.75, 3.05) is 38.2 Å². The molecule has 1 aliphatic rings. The van der Waals surface area contributed by atoms with Crippen LogP contribution in [0.1, 0.15) is 30.9 Å². The molecular weight excluding hydrogens is 428 g/mol. The number of hydrogen-bond donors (Lipinski definition) is 0. The van der Waals surface area contributed by atoms with Crippen LogP contribution < -0.4 is 13.8 Å². The Bertz CT molecular complexity index is 1060. The minimum Gasteiger partial charge on any atom is -0.493 e. The standard InChI is InChI=1S/C24H32N2O5S/c1-17-7-6-10-25(15-17)24(27)16-26(20-12-18(2)11-19(3)13-20)32(28,29)21-8-9-22(30-4)23(14-21)31-5/h8-9,11-14,17H,6-7,10,15-16H2,1-5H3/t17-/m0/s1. The summed E-state index contributed by atoms with van der Waals surface area (Å²) < 4.78 is 39.3. The zero-order chi connectivity index (χ0) is 23.5. The van der Waals surface area contributed by atoms with E-state index >= 15 is 0 Å². The van der Waals surface area contributed by atoms with Crippen molar-refractivity contribution in [3.8, 4) is 11.5 Å². The maximum Gasteiger partial charge on any atom is 0.264 e. The minimum absolute atomic E-state index is 0.0362. The van der Waals surface area contributed by atoms with Gasteiger partial charge in [0.2, 0.25) is 5.91 Å². The quantitative estimate of drug-likeness (QED) is 0.629. The smallest absolute Gasteiger partial charge is 0.264 e. The molecule has 0 saturated carbocycles. The van der Waals surface area contributed by atoms with Crippen LogP contribution in [0.4, 0.5) is 5.69 Å². The summed E-state index contributed by atoms with van der Waals surface area (Å²) in [6, 6.07) is 10.0. The van der Waals surface area contributed by atoms with Crippen molar-refractivity contribution in [2.45, 2.75) is 38.5 Å². The van der Waals surface area contributed by atoms with Gasteiger partial charge in [-0.2, -0.15) is 0 Å². The number of ether oxygens (including phenoxy) is 2. The molecule has 1 atom stereocenters. The Kier molecular flexibility index (Phi) is 7.33. The predicted molar refractivity (Wildman–Crippen MR) is 125 cm³/mol. The van der Waals surface area contributed by atoms with Crippen LogP contribution in [0, 0.1) is 19.8 Å². The average Bonchev–Trinajstić information content (AvgIpc) is 2.75. The number of carbonyl (C=O) groups excluding carboxylic acids is 1. The van der Waals surface area contributed by atoms with Gasteiger partial charge >= 0.3 is 0 Å². The van der Waals surface area contributed by atoms with Crippen LogP contribution >= 0.6 is 0 Å². The molecule has 1 amide bonds. The molecule has 1 heterocycles. The molecule has 0 unspecified atom stereocenters. The third-order valence-corrected chi connectivity index (χ3v) is 7.50. The van der Waals surface area contributed by atoms with Crippen LogP contribution in [0.5, 0.6) is 11.5 Å². The summed E-state index contributed by atoms with van der Waals surface area (Å²) in [6.07, 6.45) is 2.01. The van der Waals surface area contributed by atoms with Gasteiger partial charge in [0.15, 0.2) is 11.5 Å². The van der Waals surface area contributed by atoms with E-state index < -0.39 is 10.0 Å². The fourth-order valence-electron chi connectivity index (χ4n) is 4.15. The normalized spacial score (nSPS) is 16.5. The Hall–Kier alpha value is -2.74. The van der Waals surface area contributed by atoms with E-state index in [4.69, 9.17) is 9.47 Å². The van der Waals surface area contributed by atoms with Gasteiger partial charge in [0.05, 0.1) is 24.8 Å². The number of aryl methyl sites for hydroxylation is 2.